The van der Waals surface area contributed by atoms with Crippen molar-refractivity contribution >= 4 is 5.91 Å². The molecule has 0 fully saturated rings. The minimum Gasteiger partial charge on any atom is -0.469 e. The van der Waals surface area contributed by atoms with E-state index in [-0.39, 0.29) is 17.9 Å². The zero-order chi connectivity index (χ0) is 13.1. The Kier molecular flexibility index (Phi) is 4.34. The van der Waals surface area contributed by atoms with Crippen LogP contribution in [0, 0.1) is 12.3 Å². The second kappa shape index (κ2) is 5.36. The molecule has 0 bridgehead atoms. The normalized spacial score (nSPS) is 13.5. The summed E-state index contributed by atoms with van der Waals surface area (Å²) in [5.74, 6) is 0.486. The molecule has 1 atom stereocenters. The van der Waals surface area contributed by atoms with Gasteiger partial charge in [0.05, 0.1) is 11.7 Å². The van der Waals surface area contributed by atoms with E-state index in [2.05, 4.69) is 26.1 Å². The van der Waals surface area contributed by atoms with Crippen LogP contribution < -0.4 is 5.32 Å². The molecule has 1 aromatic rings. The molecule has 96 valence electrons. The minimum absolute atomic E-state index is 0.0520. The summed E-state index contributed by atoms with van der Waals surface area (Å²) in [5.41, 5.74) is 0.543. The predicted molar refractivity (Wildman–Crippen MR) is 65.9 cm³/mol. The number of rotatable bonds is 4. The molecule has 0 saturated heterocycles. The molecule has 1 unspecified atom stereocenters. The summed E-state index contributed by atoms with van der Waals surface area (Å²) in [4.78, 5) is 11.6. The molecule has 1 aromatic heterocycles. The van der Waals surface area contributed by atoms with Crippen molar-refractivity contribution in [2.75, 3.05) is 6.54 Å². The number of hydrogen-bond acceptors (Lipinski definition) is 3. The molecule has 17 heavy (non-hydrogen) atoms. The number of hydrogen-bond donors (Lipinski definition) is 2. The van der Waals surface area contributed by atoms with Crippen molar-refractivity contribution in [1.82, 2.24) is 5.32 Å². The Balaban J connectivity index is 2.38. The van der Waals surface area contributed by atoms with Crippen molar-refractivity contribution in [3.8, 4) is 0 Å². The predicted octanol–water partition coefficient (Wildman–Crippen LogP) is 2.11. The minimum atomic E-state index is -0.521. The van der Waals surface area contributed by atoms with Crippen LogP contribution in [0.2, 0.25) is 0 Å². The van der Waals surface area contributed by atoms with Gasteiger partial charge in [-0.15, -0.1) is 0 Å². The third-order valence-electron chi connectivity index (χ3n) is 2.34. The number of aliphatic hydroxyl groups excluding tert-OH is 1. The van der Waals surface area contributed by atoms with Gasteiger partial charge in [-0.2, -0.15) is 0 Å². The summed E-state index contributed by atoms with van der Waals surface area (Å²) < 4.78 is 5.05. The monoisotopic (exact) mass is 239 g/mol. The molecule has 2 N–H and O–H groups in total. The van der Waals surface area contributed by atoms with Crippen LogP contribution >= 0.6 is 0 Å². The zero-order valence-electron chi connectivity index (χ0n) is 10.9. The Bertz CT molecular complexity index is 376. The average Bonchev–Trinajstić information content (AvgIpc) is 2.58. The highest BCUT2D eigenvalue weighted by Gasteiger charge is 2.17. The quantitative estimate of drug-likeness (QED) is 0.846. The number of amides is 1. The molecule has 1 rings (SSSR count). The van der Waals surface area contributed by atoms with E-state index < -0.39 is 6.10 Å². The lowest BCUT2D eigenvalue weighted by Crippen LogP contribution is -2.34. The van der Waals surface area contributed by atoms with Crippen molar-refractivity contribution in [3.05, 3.63) is 23.7 Å². The molecule has 4 nitrogen and oxygen atoms in total. The number of aryl methyl sites for hydroxylation is 1. The van der Waals surface area contributed by atoms with Crippen LogP contribution in [0.1, 0.15) is 43.3 Å². The summed E-state index contributed by atoms with van der Waals surface area (Å²) in [7, 11) is 0. The van der Waals surface area contributed by atoms with Crippen LogP contribution in [-0.4, -0.2) is 23.7 Å². The second-order valence-corrected chi connectivity index (χ2v) is 5.57. The standard InChI is InChI=1S/C13H21NO3/c1-9-5-10(8-17-9)12(16)14-7-11(15)6-13(2,3)4/h5,8,11,15H,6-7H2,1-4H3,(H,14,16). The summed E-state index contributed by atoms with van der Waals surface area (Å²) in [6, 6.07) is 1.67. The molecule has 0 aliphatic carbocycles. The van der Waals surface area contributed by atoms with E-state index in [0.29, 0.717) is 17.7 Å². The Morgan fingerprint density at radius 2 is 2.18 bits per heavy atom. The van der Waals surface area contributed by atoms with E-state index in [4.69, 9.17) is 4.42 Å². The summed E-state index contributed by atoms with van der Waals surface area (Å²) in [5, 5.41) is 12.4. The second-order valence-electron chi connectivity index (χ2n) is 5.57. The molecule has 0 aliphatic rings. The van der Waals surface area contributed by atoms with Gasteiger partial charge in [-0.05, 0) is 24.8 Å². The first-order chi connectivity index (χ1) is 7.78. The van der Waals surface area contributed by atoms with Crippen molar-refractivity contribution in [1.29, 1.82) is 0 Å². The van der Waals surface area contributed by atoms with Crippen LogP contribution in [0.25, 0.3) is 0 Å². The third kappa shape index (κ3) is 5.04. The molecular formula is C13H21NO3. The van der Waals surface area contributed by atoms with Crippen molar-refractivity contribution in [2.45, 2.75) is 40.2 Å². The first-order valence-electron chi connectivity index (χ1n) is 5.79. The van der Waals surface area contributed by atoms with Gasteiger partial charge in [-0.25, -0.2) is 0 Å². The number of carbonyl (C=O) groups excluding carboxylic acids is 1. The van der Waals surface area contributed by atoms with E-state index in [9.17, 15) is 9.90 Å². The SMILES string of the molecule is Cc1cc(C(=O)NCC(O)CC(C)(C)C)co1. The van der Waals surface area contributed by atoms with E-state index in [1.807, 2.05) is 0 Å². The van der Waals surface area contributed by atoms with Crippen molar-refractivity contribution < 1.29 is 14.3 Å². The van der Waals surface area contributed by atoms with E-state index in [1.165, 1.54) is 6.26 Å². The summed E-state index contributed by atoms with van der Waals surface area (Å²) in [6.07, 6.45) is 1.55. The fraction of sp³-hybridized carbons (Fsp3) is 0.615. The summed E-state index contributed by atoms with van der Waals surface area (Å²) in [6.45, 7) is 8.21. The third-order valence-corrected chi connectivity index (χ3v) is 2.34. The van der Waals surface area contributed by atoms with Crippen LogP contribution in [0.4, 0.5) is 0 Å². The van der Waals surface area contributed by atoms with Gasteiger partial charge in [0.1, 0.15) is 12.0 Å². The first-order valence-corrected chi connectivity index (χ1v) is 5.79. The molecule has 4 heteroatoms. The molecular weight excluding hydrogens is 218 g/mol. The van der Waals surface area contributed by atoms with Crippen molar-refractivity contribution in [3.63, 3.8) is 0 Å². The maximum Gasteiger partial charge on any atom is 0.254 e. The number of nitrogens with one attached hydrogen (secondary N) is 1. The smallest absolute Gasteiger partial charge is 0.254 e. The molecule has 0 aromatic carbocycles. The molecule has 0 radical (unpaired) electrons. The largest absolute Gasteiger partial charge is 0.469 e. The number of aliphatic hydroxyl groups is 1. The van der Waals surface area contributed by atoms with Gasteiger partial charge in [0.2, 0.25) is 0 Å². The maximum absolute atomic E-state index is 11.6. The Labute approximate surface area is 102 Å². The number of carbonyl (C=O) groups is 1. The van der Waals surface area contributed by atoms with Crippen LogP contribution in [0.3, 0.4) is 0 Å². The van der Waals surface area contributed by atoms with Gasteiger partial charge < -0.3 is 14.8 Å². The zero-order valence-corrected chi connectivity index (χ0v) is 10.9. The Hall–Kier alpha value is -1.29. The highest BCUT2D eigenvalue weighted by Crippen LogP contribution is 2.20. The first kappa shape index (κ1) is 13.8. The van der Waals surface area contributed by atoms with Crippen LogP contribution in [0.5, 0.6) is 0 Å². The average molecular weight is 239 g/mol. The fourth-order valence-corrected chi connectivity index (χ4v) is 1.65. The van der Waals surface area contributed by atoms with Crippen LogP contribution in [0.15, 0.2) is 16.7 Å². The van der Waals surface area contributed by atoms with Gasteiger partial charge in [0, 0.05) is 6.54 Å². The summed E-state index contributed by atoms with van der Waals surface area (Å²) >= 11 is 0. The topological polar surface area (TPSA) is 62.5 Å². The Morgan fingerprint density at radius 3 is 2.65 bits per heavy atom. The lowest BCUT2D eigenvalue weighted by Gasteiger charge is -2.22. The van der Waals surface area contributed by atoms with Crippen molar-refractivity contribution in [2.24, 2.45) is 5.41 Å². The molecule has 1 amide bonds. The van der Waals surface area contributed by atoms with E-state index in [1.54, 1.807) is 13.0 Å². The molecule has 0 spiro atoms. The maximum atomic E-state index is 11.6. The lowest BCUT2D eigenvalue weighted by atomic mass is 9.89. The molecule has 1 heterocycles. The van der Waals surface area contributed by atoms with Gasteiger partial charge in [-0.3, -0.25) is 4.79 Å². The van der Waals surface area contributed by atoms with Gasteiger partial charge in [0.25, 0.3) is 5.91 Å². The fourth-order valence-electron chi connectivity index (χ4n) is 1.65. The van der Waals surface area contributed by atoms with Gasteiger partial charge in [-0.1, -0.05) is 20.8 Å². The molecule has 0 saturated carbocycles. The van der Waals surface area contributed by atoms with Gasteiger partial charge >= 0.3 is 0 Å². The highest BCUT2D eigenvalue weighted by atomic mass is 16.3. The lowest BCUT2D eigenvalue weighted by molar-refractivity contribution is 0.0868. The van der Waals surface area contributed by atoms with E-state index in [0.717, 1.165) is 0 Å². The van der Waals surface area contributed by atoms with E-state index >= 15 is 0 Å². The molecule has 0 aliphatic heterocycles. The highest BCUT2D eigenvalue weighted by molar-refractivity contribution is 5.93. The van der Waals surface area contributed by atoms with Crippen LogP contribution in [-0.2, 0) is 0 Å². The van der Waals surface area contributed by atoms with Gasteiger partial charge in [0.15, 0.2) is 0 Å². The Morgan fingerprint density at radius 1 is 1.53 bits per heavy atom. The number of furan rings is 1.